The van der Waals surface area contributed by atoms with E-state index in [-0.39, 0.29) is 10.8 Å². The molecule has 3 aromatic rings. The number of anilines is 1. The van der Waals surface area contributed by atoms with Gasteiger partial charge in [0, 0.05) is 44.0 Å². The number of fused-ring (bicyclic) bond motifs is 1. The first-order valence-corrected chi connectivity index (χ1v) is 13.3. The fourth-order valence-corrected chi connectivity index (χ4v) is 5.95. The average molecular weight is 492 g/mol. The van der Waals surface area contributed by atoms with Crippen molar-refractivity contribution in [3.8, 4) is 0 Å². The maximum Gasteiger partial charge on any atom is 0.251 e. The Balaban J connectivity index is 1.17. The topological polar surface area (TPSA) is 79.0 Å². The maximum absolute atomic E-state index is 12.7. The summed E-state index contributed by atoms with van der Waals surface area (Å²) >= 11 is 0. The molecule has 2 heterocycles. The number of rotatable bonds is 6. The first kappa shape index (κ1) is 23.5. The van der Waals surface area contributed by atoms with Gasteiger partial charge >= 0.3 is 0 Å². The van der Waals surface area contributed by atoms with Crippen LogP contribution < -0.4 is 10.2 Å². The molecule has 1 saturated heterocycles. The highest BCUT2D eigenvalue weighted by Gasteiger charge is 2.26. The molecule has 0 bridgehead atoms. The van der Waals surface area contributed by atoms with Crippen molar-refractivity contribution in [1.82, 2.24) is 9.62 Å². The number of carbonyl (C=O) groups is 1. The molecule has 0 aliphatic carbocycles. The number of morpholine rings is 1. The van der Waals surface area contributed by atoms with Crippen LogP contribution >= 0.6 is 0 Å². The van der Waals surface area contributed by atoms with Gasteiger partial charge in [-0.2, -0.15) is 4.31 Å². The molecular weight excluding hydrogens is 462 g/mol. The Hall–Kier alpha value is -3.20. The first-order chi connectivity index (χ1) is 17.0. The Morgan fingerprint density at radius 1 is 0.857 bits per heavy atom. The summed E-state index contributed by atoms with van der Waals surface area (Å²) in [5.74, 6) is -0.162. The van der Waals surface area contributed by atoms with Gasteiger partial charge in [0.05, 0.1) is 18.1 Å². The van der Waals surface area contributed by atoms with E-state index in [1.54, 1.807) is 24.3 Å². The monoisotopic (exact) mass is 491 g/mol. The molecular formula is C27H29N3O4S. The molecule has 0 aromatic heterocycles. The van der Waals surface area contributed by atoms with Crippen LogP contribution in [0.25, 0.3) is 0 Å². The van der Waals surface area contributed by atoms with Crippen LogP contribution in [0.15, 0.2) is 77.7 Å². The first-order valence-electron chi connectivity index (χ1n) is 11.9. The zero-order valence-corrected chi connectivity index (χ0v) is 20.3. The summed E-state index contributed by atoms with van der Waals surface area (Å²) in [7, 11) is -3.52. The smallest absolute Gasteiger partial charge is 0.251 e. The number of amides is 1. The van der Waals surface area contributed by atoms with Crippen molar-refractivity contribution in [2.45, 2.75) is 24.4 Å². The van der Waals surface area contributed by atoms with Gasteiger partial charge < -0.3 is 15.0 Å². The predicted octanol–water partition coefficient (Wildman–Crippen LogP) is 3.20. The van der Waals surface area contributed by atoms with Crippen LogP contribution in [0.1, 0.15) is 27.0 Å². The minimum atomic E-state index is -3.52. The van der Waals surface area contributed by atoms with E-state index in [1.165, 1.54) is 15.4 Å². The second-order valence-electron chi connectivity index (χ2n) is 8.83. The van der Waals surface area contributed by atoms with Crippen molar-refractivity contribution < 1.29 is 17.9 Å². The van der Waals surface area contributed by atoms with E-state index < -0.39 is 10.0 Å². The van der Waals surface area contributed by atoms with Crippen LogP contribution in [0, 0.1) is 0 Å². The van der Waals surface area contributed by atoms with E-state index in [0.717, 1.165) is 30.8 Å². The number of ether oxygens (including phenoxy) is 1. The summed E-state index contributed by atoms with van der Waals surface area (Å²) in [6.45, 7) is 3.71. The lowest BCUT2D eigenvalue weighted by atomic mass is 9.99. The number of sulfonamides is 1. The van der Waals surface area contributed by atoms with Crippen molar-refractivity contribution in [2.75, 3.05) is 37.7 Å². The number of hydrogen-bond acceptors (Lipinski definition) is 5. The lowest BCUT2D eigenvalue weighted by Crippen LogP contribution is -2.40. The second-order valence-corrected chi connectivity index (χ2v) is 10.8. The zero-order chi connectivity index (χ0) is 24.3. The van der Waals surface area contributed by atoms with Crippen LogP contribution in [0.4, 0.5) is 5.69 Å². The molecule has 182 valence electrons. The lowest BCUT2D eigenvalue weighted by molar-refractivity contribution is 0.0730. The molecule has 5 rings (SSSR count). The SMILES string of the molecule is O=C(NCc1ccc(S(=O)(=O)N2CCOCC2)cc1)c1ccc(N2CCc3ccccc3C2)cc1. The fraction of sp³-hybridized carbons (Fsp3) is 0.296. The predicted molar refractivity (Wildman–Crippen MR) is 135 cm³/mol. The van der Waals surface area contributed by atoms with Gasteiger partial charge in [-0.15, -0.1) is 0 Å². The van der Waals surface area contributed by atoms with Gasteiger partial charge in [-0.3, -0.25) is 4.79 Å². The summed E-state index contributed by atoms with van der Waals surface area (Å²) < 4.78 is 32.2. The highest BCUT2D eigenvalue weighted by Crippen LogP contribution is 2.25. The van der Waals surface area contributed by atoms with Crippen LogP contribution in [0.2, 0.25) is 0 Å². The van der Waals surface area contributed by atoms with Crippen molar-refractivity contribution in [2.24, 2.45) is 0 Å². The van der Waals surface area contributed by atoms with Crippen LogP contribution in [-0.2, 0) is 34.3 Å². The third kappa shape index (κ3) is 5.24. The summed E-state index contributed by atoms with van der Waals surface area (Å²) in [4.78, 5) is 15.2. The van der Waals surface area contributed by atoms with Gasteiger partial charge in [-0.1, -0.05) is 36.4 Å². The van der Waals surface area contributed by atoms with E-state index >= 15 is 0 Å². The molecule has 7 nitrogen and oxygen atoms in total. The molecule has 2 aliphatic rings. The average Bonchev–Trinajstić information content (AvgIpc) is 2.92. The molecule has 1 fully saturated rings. The summed E-state index contributed by atoms with van der Waals surface area (Å²) in [6.07, 6.45) is 1.02. The number of carbonyl (C=O) groups excluding carboxylic acids is 1. The Bertz CT molecular complexity index is 1280. The number of nitrogens with zero attached hydrogens (tertiary/aromatic N) is 2. The van der Waals surface area contributed by atoms with E-state index in [4.69, 9.17) is 4.74 Å². The normalized spacial score (nSPS) is 16.5. The molecule has 1 N–H and O–H groups in total. The van der Waals surface area contributed by atoms with Gasteiger partial charge in [0.2, 0.25) is 10.0 Å². The molecule has 8 heteroatoms. The molecule has 1 amide bonds. The van der Waals surface area contributed by atoms with E-state index in [0.29, 0.717) is 38.4 Å². The lowest BCUT2D eigenvalue weighted by Gasteiger charge is -2.30. The molecule has 0 atom stereocenters. The van der Waals surface area contributed by atoms with Crippen LogP contribution in [0.5, 0.6) is 0 Å². The summed E-state index contributed by atoms with van der Waals surface area (Å²) in [5.41, 5.74) is 5.30. The van der Waals surface area contributed by atoms with Crippen LogP contribution in [-0.4, -0.2) is 51.5 Å². The van der Waals surface area contributed by atoms with Crippen molar-refractivity contribution in [3.05, 3.63) is 95.1 Å². The maximum atomic E-state index is 12.7. The third-order valence-electron chi connectivity index (χ3n) is 6.61. The Morgan fingerprint density at radius 3 is 2.26 bits per heavy atom. The van der Waals surface area contributed by atoms with Gasteiger partial charge in [0.25, 0.3) is 5.91 Å². The van der Waals surface area contributed by atoms with Gasteiger partial charge in [0.15, 0.2) is 0 Å². The quantitative estimate of drug-likeness (QED) is 0.573. The molecule has 0 spiro atoms. The third-order valence-corrected chi connectivity index (χ3v) is 8.52. The minimum Gasteiger partial charge on any atom is -0.379 e. The number of nitrogens with one attached hydrogen (secondary N) is 1. The van der Waals surface area contributed by atoms with E-state index in [2.05, 4.69) is 34.5 Å². The molecule has 35 heavy (non-hydrogen) atoms. The van der Waals surface area contributed by atoms with Crippen LogP contribution in [0.3, 0.4) is 0 Å². The van der Waals surface area contributed by atoms with Crippen molar-refractivity contribution in [1.29, 1.82) is 0 Å². The highest BCUT2D eigenvalue weighted by molar-refractivity contribution is 7.89. The van der Waals surface area contributed by atoms with E-state index in [9.17, 15) is 13.2 Å². The zero-order valence-electron chi connectivity index (χ0n) is 19.5. The Morgan fingerprint density at radius 2 is 1.54 bits per heavy atom. The van der Waals surface area contributed by atoms with Gasteiger partial charge in [-0.05, 0) is 59.5 Å². The van der Waals surface area contributed by atoms with Crippen molar-refractivity contribution in [3.63, 3.8) is 0 Å². The molecule has 2 aliphatic heterocycles. The number of hydrogen-bond donors (Lipinski definition) is 1. The highest BCUT2D eigenvalue weighted by atomic mass is 32.2. The summed E-state index contributed by atoms with van der Waals surface area (Å²) in [6, 6.07) is 22.9. The molecule has 0 saturated carbocycles. The second kappa shape index (κ2) is 10.2. The largest absolute Gasteiger partial charge is 0.379 e. The number of benzene rings is 3. The molecule has 0 unspecified atom stereocenters. The Kier molecular flexibility index (Phi) is 6.86. The summed E-state index contributed by atoms with van der Waals surface area (Å²) in [5, 5.41) is 2.92. The minimum absolute atomic E-state index is 0.162. The Labute approximate surface area is 206 Å². The fourth-order valence-electron chi connectivity index (χ4n) is 4.54. The van der Waals surface area contributed by atoms with Crippen molar-refractivity contribution >= 4 is 21.6 Å². The van der Waals surface area contributed by atoms with Gasteiger partial charge in [-0.25, -0.2) is 8.42 Å². The molecule has 3 aromatic carbocycles. The van der Waals surface area contributed by atoms with Gasteiger partial charge in [0.1, 0.15) is 0 Å². The van der Waals surface area contributed by atoms with E-state index in [1.807, 2.05) is 24.3 Å². The standard InChI is InChI=1S/C27H29N3O4S/c31-27(23-7-9-25(10-8-23)29-14-13-22-3-1-2-4-24(22)20-29)28-19-21-5-11-26(12-6-21)35(32,33)30-15-17-34-18-16-30/h1-12H,13-20H2,(H,28,31). The molecule has 0 radical (unpaired) electrons.